The quantitative estimate of drug-likeness (QED) is 0.651. The molecule has 2 aliphatic rings. The van der Waals surface area contributed by atoms with Crippen molar-refractivity contribution >= 4 is 5.71 Å². The standard InChI is InChI=1S/C15H15F6N3O2/c1-8-10(9-5-3-2-4-6-9)11-22-12(25,14(16,17)18)7-13(26,15(19,20)21)24(11)23-8/h2-6,10-11,22,25-26H,7H2,1H3. The van der Waals surface area contributed by atoms with Crippen LogP contribution in [-0.4, -0.2) is 50.9 Å². The molecule has 2 aliphatic heterocycles. The van der Waals surface area contributed by atoms with E-state index in [0.717, 1.165) is 0 Å². The highest BCUT2D eigenvalue weighted by atomic mass is 19.4. The van der Waals surface area contributed by atoms with E-state index in [1.807, 2.05) is 5.32 Å². The van der Waals surface area contributed by atoms with Crippen LogP contribution in [0.15, 0.2) is 35.4 Å². The molecule has 3 rings (SSSR count). The van der Waals surface area contributed by atoms with Crippen molar-refractivity contribution in [1.82, 2.24) is 10.3 Å². The Morgan fingerprint density at radius 3 is 2.15 bits per heavy atom. The first-order chi connectivity index (χ1) is 11.8. The van der Waals surface area contributed by atoms with Crippen molar-refractivity contribution in [3.05, 3.63) is 35.9 Å². The van der Waals surface area contributed by atoms with Crippen LogP contribution in [0.5, 0.6) is 0 Å². The molecule has 144 valence electrons. The van der Waals surface area contributed by atoms with Crippen LogP contribution in [0.1, 0.15) is 24.8 Å². The largest absolute Gasteiger partial charge is 0.438 e. The van der Waals surface area contributed by atoms with Gasteiger partial charge in [0.25, 0.3) is 5.72 Å². The van der Waals surface area contributed by atoms with Crippen LogP contribution in [-0.2, 0) is 0 Å². The highest BCUT2D eigenvalue weighted by Crippen LogP contribution is 2.50. The molecule has 1 saturated heterocycles. The first-order valence-electron chi connectivity index (χ1n) is 7.55. The van der Waals surface area contributed by atoms with Crippen molar-refractivity contribution < 1.29 is 36.6 Å². The Hall–Kier alpha value is -1.85. The van der Waals surface area contributed by atoms with Crippen LogP contribution >= 0.6 is 0 Å². The number of hydrogen-bond donors (Lipinski definition) is 3. The monoisotopic (exact) mass is 383 g/mol. The van der Waals surface area contributed by atoms with E-state index in [0.29, 0.717) is 5.56 Å². The summed E-state index contributed by atoms with van der Waals surface area (Å²) >= 11 is 0. The third kappa shape index (κ3) is 2.65. The molecule has 0 aliphatic carbocycles. The van der Waals surface area contributed by atoms with E-state index in [2.05, 4.69) is 5.10 Å². The van der Waals surface area contributed by atoms with E-state index in [-0.39, 0.29) is 10.7 Å². The van der Waals surface area contributed by atoms with Gasteiger partial charge in [-0.1, -0.05) is 30.3 Å². The van der Waals surface area contributed by atoms with Crippen LogP contribution < -0.4 is 5.32 Å². The summed E-state index contributed by atoms with van der Waals surface area (Å²) in [5.74, 6) is -1.03. The SMILES string of the molecule is CC1=NN2C(NC(O)(C(F)(F)F)CC2(O)C(F)(F)F)C1c1ccccc1. The lowest BCUT2D eigenvalue weighted by atomic mass is 9.87. The maximum Gasteiger partial charge on any atom is 0.438 e. The Balaban J connectivity index is 2.13. The summed E-state index contributed by atoms with van der Waals surface area (Å²) in [6, 6.07) is 7.81. The van der Waals surface area contributed by atoms with Crippen molar-refractivity contribution in [2.75, 3.05) is 0 Å². The average Bonchev–Trinajstić information content (AvgIpc) is 2.82. The molecule has 0 saturated carbocycles. The van der Waals surface area contributed by atoms with Crippen LogP contribution in [0, 0.1) is 0 Å². The first-order valence-corrected chi connectivity index (χ1v) is 7.55. The van der Waals surface area contributed by atoms with Gasteiger partial charge in [-0.15, -0.1) is 0 Å². The van der Waals surface area contributed by atoms with Gasteiger partial charge in [-0.2, -0.15) is 31.4 Å². The highest BCUT2D eigenvalue weighted by Gasteiger charge is 2.73. The number of halogens is 6. The Morgan fingerprint density at radius 2 is 1.65 bits per heavy atom. The second kappa shape index (κ2) is 5.57. The number of alkyl halides is 6. The molecular formula is C15H15F6N3O2. The van der Waals surface area contributed by atoms with Gasteiger partial charge in [0.2, 0.25) is 5.72 Å². The number of rotatable bonds is 1. The summed E-state index contributed by atoms with van der Waals surface area (Å²) in [5, 5.41) is 25.7. The minimum absolute atomic E-state index is 0.0720. The molecule has 0 radical (unpaired) electrons. The zero-order chi connectivity index (χ0) is 19.5. The maximum atomic E-state index is 13.5. The normalized spacial score (nSPS) is 35.3. The number of nitrogens with zero attached hydrogens (tertiary/aromatic N) is 2. The first kappa shape index (κ1) is 18.9. The van der Waals surface area contributed by atoms with Crippen LogP contribution in [0.2, 0.25) is 0 Å². The van der Waals surface area contributed by atoms with E-state index < -0.39 is 42.3 Å². The molecule has 5 nitrogen and oxygen atoms in total. The summed E-state index contributed by atoms with van der Waals surface area (Å²) in [6.45, 7) is 1.35. The molecule has 1 fully saturated rings. The number of hydrogen-bond acceptors (Lipinski definition) is 5. The highest BCUT2D eigenvalue weighted by molar-refractivity contribution is 5.91. The van der Waals surface area contributed by atoms with Gasteiger partial charge in [0.15, 0.2) is 0 Å². The molecule has 3 N–H and O–H groups in total. The maximum absolute atomic E-state index is 13.5. The summed E-state index contributed by atoms with van der Waals surface area (Å²) in [4.78, 5) is 0. The van der Waals surface area contributed by atoms with Crippen molar-refractivity contribution in [2.24, 2.45) is 5.10 Å². The number of benzene rings is 1. The molecule has 1 aromatic rings. The minimum atomic E-state index is -5.48. The number of nitrogens with one attached hydrogen (secondary N) is 1. The van der Waals surface area contributed by atoms with Crippen molar-refractivity contribution in [3.63, 3.8) is 0 Å². The molecule has 0 bridgehead atoms. The number of hydrazone groups is 1. The molecule has 26 heavy (non-hydrogen) atoms. The predicted octanol–water partition coefficient (Wildman–Crippen LogP) is 2.28. The van der Waals surface area contributed by atoms with Gasteiger partial charge in [-0.25, -0.2) is 5.01 Å². The number of fused-ring (bicyclic) bond motifs is 1. The molecule has 0 amide bonds. The number of aliphatic hydroxyl groups is 2. The zero-order valence-electron chi connectivity index (χ0n) is 13.3. The molecule has 4 unspecified atom stereocenters. The van der Waals surface area contributed by atoms with E-state index in [9.17, 15) is 36.6 Å². The van der Waals surface area contributed by atoms with E-state index in [1.165, 1.54) is 19.1 Å². The average molecular weight is 383 g/mol. The van der Waals surface area contributed by atoms with Gasteiger partial charge in [0.1, 0.15) is 6.17 Å². The van der Waals surface area contributed by atoms with Crippen LogP contribution in [0.3, 0.4) is 0 Å². The Morgan fingerprint density at radius 1 is 1.08 bits per heavy atom. The predicted molar refractivity (Wildman–Crippen MR) is 77.7 cm³/mol. The summed E-state index contributed by atoms with van der Waals surface area (Å²) < 4.78 is 80.3. The third-order valence-electron chi connectivity index (χ3n) is 4.64. The Kier molecular flexibility index (Phi) is 4.06. The molecule has 0 aromatic heterocycles. The fraction of sp³-hybridized carbons (Fsp3) is 0.533. The van der Waals surface area contributed by atoms with Crippen molar-refractivity contribution in [3.8, 4) is 0 Å². The third-order valence-corrected chi connectivity index (χ3v) is 4.64. The lowest BCUT2D eigenvalue weighted by Crippen LogP contribution is -2.77. The molecule has 4 atom stereocenters. The van der Waals surface area contributed by atoms with Crippen LogP contribution in [0.4, 0.5) is 26.3 Å². The second-order valence-electron chi connectivity index (χ2n) is 6.41. The molecule has 11 heteroatoms. The lowest BCUT2D eigenvalue weighted by Gasteiger charge is -2.52. The summed E-state index contributed by atoms with van der Waals surface area (Å²) in [6.07, 6.45) is -14.7. The van der Waals surface area contributed by atoms with Gasteiger partial charge in [-0.3, -0.25) is 5.32 Å². The van der Waals surface area contributed by atoms with Crippen molar-refractivity contribution in [2.45, 2.75) is 49.2 Å². The Bertz CT molecular complexity index is 722. The topological polar surface area (TPSA) is 68.1 Å². The minimum Gasteiger partial charge on any atom is -0.368 e. The van der Waals surface area contributed by atoms with Crippen LogP contribution in [0.25, 0.3) is 0 Å². The van der Waals surface area contributed by atoms with E-state index in [1.54, 1.807) is 18.2 Å². The second-order valence-corrected chi connectivity index (χ2v) is 6.41. The van der Waals surface area contributed by atoms with Gasteiger partial charge in [0, 0.05) is 5.71 Å². The summed E-state index contributed by atoms with van der Waals surface area (Å²) in [5.41, 5.74) is -7.46. The molecular weight excluding hydrogens is 368 g/mol. The van der Waals surface area contributed by atoms with Gasteiger partial charge in [0.05, 0.1) is 12.3 Å². The van der Waals surface area contributed by atoms with Gasteiger partial charge in [-0.05, 0) is 12.5 Å². The van der Waals surface area contributed by atoms with Gasteiger partial charge >= 0.3 is 12.4 Å². The van der Waals surface area contributed by atoms with E-state index >= 15 is 0 Å². The lowest BCUT2D eigenvalue weighted by molar-refractivity contribution is -0.388. The molecule has 0 spiro atoms. The van der Waals surface area contributed by atoms with E-state index in [4.69, 9.17) is 0 Å². The smallest absolute Gasteiger partial charge is 0.368 e. The molecule has 1 aromatic carbocycles. The van der Waals surface area contributed by atoms with Crippen molar-refractivity contribution in [1.29, 1.82) is 0 Å². The van der Waals surface area contributed by atoms with Gasteiger partial charge < -0.3 is 10.2 Å². The Labute approximate surface area is 143 Å². The molecule has 2 heterocycles. The fourth-order valence-electron chi connectivity index (χ4n) is 3.35. The zero-order valence-corrected chi connectivity index (χ0v) is 13.3. The fourth-order valence-corrected chi connectivity index (χ4v) is 3.35. The summed E-state index contributed by atoms with van der Waals surface area (Å²) in [7, 11) is 0.